The number of rotatable bonds is 5. The third-order valence-corrected chi connectivity index (χ3v) is 3.85. The summed E-state index contributed by atoms with van der Waals surface area (Å²) >= 11 is 3.39. The smallest absolute Gasteiger partial charge is 0.272 e. The second kappa shape index (κ2) is 6.19. The van der Waals surface area contributed by atoms with Crippen molar-refractivity contribution in [3.05, 3.63) is 17.5 Å². The van der Waals surface area contributed by atoms with Crippen LogP contribution in [0.5, 0.6) is 0 Å². The van der Waals surface area contributed by atoms with Gasteiger partial charge < -0.3 is 4.90 Å². The van der Waals surface area contributed by atoms with Gasteiger partial charge in [0.1, 0.15) is 5.69 Å². The van der Waals surface area contributed by atoms with E-state index in [1.54, 1.807) is 9.58 Å². The van der Waals surface area contributed by atoms with Gasteiger partial charge in [-0.3, -0.25) is 9.48 Å². The number of aromatic nitrogens is 2. The van der Waals surface area contributed by atoms with Crippen LogP contribution in [-0.2, 0) is 13.0 Å². The second-order valence-electron chi connectivity index (χ2n) is 4.11. The number of halogens is 1. The van der Waals surface area contributed by atoms with Crippen LogP contribution in [0, 0.1) is 0 Å². The molecule has 1 rings (SSSR count). The molecule has 0 bridgehead atoms. The fraction of sp³-hybridized carbons (Fsp3) is 0.667. The average molecular weight is 302 g/mol. The molecule has 0 N–H and O–H groups in total. The first kappa shape index (κ1) is 14.2. The summed E-state index contributed by atoms with van der Waals surface area (Å²) in [6.07, 6.45) is 0.852. The zero-order chi connectivity index (χ0) is 13.0. The molecule has 0 aliphatic rings. The summed E-state index contributed by atoms with van der Waals surface area (Å²) in [6.45, 7) is 6.77. The number of aryl methyl sites for hydroxylation is 2. The lowest BCUT2D eigenvalue weighted by atomic mass is 10.2. The third kappa shape index (κ3) is 3.09. The van der Waals surface area contributed by atoms with Gasteiger partial charge in [-0.25, -0.2) is 0 Å². The molecule has 0 radical (unpaired) electrons. The molecule has 1 atom stereocenters. The molecule has 1 amide bonds. The molecule has 0 saturated carbocycles. The Balaban J connectivity index is 2.98. The Bertz CT molecular complexity index is 389. The van der Waals surface area contributed by atoms with Gasteiger partial charge in [0.25, 0.3) is 5.91 Å². The number of amides is 1. The van der Waals surface area contributed by atoms with Crippen molar-refractivity contribution >= 4 is 21.8 Å². The molecule has 4 nitrogen and oxygen atoms in total. The number of alkyl halides is 1. The minimum Gasteiger partial charge on any atom is -0.337 e. The standard InChI is InChI=1S/C12H20BrN3O/c1-5-10-7-11(16(6-2)14-10)12(17)15(4)9(3)8-13/h7,9H,5-6,8H2,1-4H3. The number of hydrogen-bond donors (Lipinski definition) is 0. The molecule has 5 heteroatoms. The van der Waals surface area contributed by atoms with Crippen molar-refractivity contribution in [1.82, 2.24) is 14.7 Å². The van der Waals surface area contributed by atoms with Crippen LogP contribution < -0.4 is 0 Å². The third-order valence-electron chi connectivity index (χ3n) is 2.92. The fourth-order valence-corrected chi connectivity index (χ4v) is 1.97. The van der Waals surface area contributed by atoms with Crippen molar-refractivity contribution in [1.29, 1.82) is 0 Å². The van der Waals surface area contributed by atoms with E-state index in [0.29, 0.717) is 5.69 Å². The molecule has 17 heavy (non-hydrogen) atoms. The van der Waals surface area contributed by atoms with Gasteiger partial charge in [-0.15, -0.1) is 0 Å². The van der Waals surface area contributed by atoms with Crippen molar-refractivity contribution in [2.45, 2.75) is 39.8 Å². The van der Waals surface area contributed by atoms with Crippen molar-refractivity contribution in [2.75, 3.05) is 12.4 Å². The Labute approximate surface area is 111 Å². The van der Waals surface area contributed by atoms with Gasteiger partial charge in [0.05, 0.1) is 5.69 Å². The maximum atomic E-state index is 12.3. The molecular weight excluding hydrogens is 282 g/mol. The normalized spacial score (nSPS) is 12.5. The molecule has 0 aliphatic carbocycles. The molecular formula is C12H20BrN3O. The van der Waals surface area contributed by atoms with E-state index in [2.05, 4.69) is 21.0 Å². The number of hydrogen-bond acceptors (Lipinski definition) is 2. The van der Waals surface area contributed by atoms with Crippen molar-refractivity contribution < 1.29 is 4.79 Å². The predicted octanol–water partition coefficient (Wildman–Crippen LogP) is 2.32. The molecule has 0 fully saturated rings. The van der Waals surface area contributed by atoms with Gasteiger partial charge in [0.15, 0.2) is 0 Å². The van der Waals surface area contributed by atoms with E-state index in [9.17, 15) is 4.79 Å². The lowest BCUT2D eigenvalue weighted by Gasteiger charge is -2.23. The van der Waals surface area contributed by atoms with Crippen LogP contribution in [0.2, 0.25) is 0 Å². The Morgan fingerprint density at radius 1 is 1.59 bits per heavy atom. The monoisotopic (exact) mass is 301 g/mol. The lowest BCUT2D eigenvalue weighted by molar-refractivity contribution is 0.0745. The summed E-state index contributed by atoms with van der Waals surface area (Å²) in [5, 5.41) is 5.17. The van der Waals surface area contributed by atoms with E-state index in [0.717, 1.165) is 24.0 Å². The molecule has 96 valence electrons. The van der Waals surface area contributed by atoms with Crippen molar-refractivity contribution in [2.24, 2.45) is 0 Å². The molecule has 0 aliphatic heterocycles. The van der Waals surface area contributed by atoms with E-state index in [-0.39, 0.29) is 11.9 Å². The van der Waals surface area contributed by atoms with Crippen LogP contribution in [0.25, 0.3) is 0 Å². The summed E-state index contributed by atoms with van der Waals surface area (Å²) in [5.41, 5.74) is 1.65. The summed E-state index contributed by atoms with van der Waals surface area (Å²) in [5.74, 6) is 0.0333. The Kier molecular flexibility index (Phi) is 5.18. The highest BCUT2D eigenvalue weighted by atomic mass is 79.9. The van der Waals surface area contributed by atoms with E-state index in [1.807, 2.05) is 33.9 Å². The number of nitrogens with zero attached hydrogens (tertiary/aromatic N) is 3. The van der Waals surface area contributed by atoms with Gasteiger partial charge in [0, 0.05) is 25.0 Å². The van der Waals surface area contributed by atoms with E-state index >= 15 is 0 Å². The van der Waals surface area contributed by atoms with E-state index < -0.39 is 0 Å². The first-order chi connectivity index (χ1) is 8.04. The van der Waals surface area contributed by atoms with Crippen LogP contribution >= 0.6 is 15.9 Å². The van der Waals surface area contributed by atoms with E-state index in [4.69, 9.17) is 0 Å². The molecule has 0 saturated heterocycles. The highest BCUT2D eigenvalue weighted by Gasteiger charge is 2.20. The molecule has 1 aromatic heterocycles. The molecule has 0 spiro atoms. The van der Waals surface area contributed by atoms with Gasteiger partial charge in [-0.05, 0) is 26.3 Å². The van der Waals surface area contributed by atoms with Crippen LogP contribution in [-0.4, -0.2) is 39.0 Å². The maximum Gasteiger partial charge on any atom is 0.272 e. The molecule has 1 unspecified atom stereocenters. The van der Waals surface area contributed by atoms with Crippen LogP contribution in [0.4, 0.5) is 0 Å². The lowest BCUT2D eigenvalue weighted by Crippen LogP contribution is -2.37. The van der Waals surface area contributed by atoms with E-state index in [1.165, 1.54) is 0 Å². The highest BCUT2D eigenvalue weighted by Crippen LogP contribution is 2.11. The minimum absolute atomic E-state index is 0.0333. The van der Waals surface area contributed by atoms with Crippen LogP contribution in [0.15, 0.2) is 6.07 Å². The van der Waals surface area contributed by atoms with Gasteiger partial charge in [-0.1, -0.05) is 22.9 Å². The van der Waals surface area contributed by atoms with Crippen LogP contribution in [0.3, 0.4) is 0 Å². The Morgan fingerprint density at radius 3 is 2.71 bits per heavy atom. The first-order valence-corrected chi connectivity index (χ1v) is 7.07. The molecule has 1 aromatic rings. The fourth-order valence-electron chi connectivity index (χ4n) is 1.54. The zero-order valence-electron chi connectivity index (χ0n) is 10.9. The Hall–Kier alpha value is -0.840. The summed E-state index contributed by atoms with van der Waals surface area (Å²) in [7, 11) is 1.83. The highest BCUT2D eigenvalue weighted by molar-refractivity contribution is 9.09. The Morgan fingerprint density at radius 2 is 2.24 bits per heavy atom. The molecule has 1 heterocycles. The summed E-state index contributed by atoms with van der Waals surface area (Å²) in [6, 6.07) is 2.07. The van der Waals surface area contributed by atoms with Crippen molar-refractivity contribution in [3.63, 3.8) is 0 Å². The van der Waals surface area contributed by atoms with Crippen molar-refractivity contribution in [3.8, 4) is 0 Å². The second-order valence-corrected chi connectivity index (χ2v) is 4.76. The SMILES string of the molecule is CCc1cc(C(=O)N(C)C(C)CBr)n(CC)n1. The number of carbonyl (C=O) groups excluding carboxylic acids is 1. The largest absolute Gasteiger partial charge is 0.337 e. The van der Waals surface area contributed by atoms with Gasteiger partial charge in [-0.2, -0.15) is 5.10 Å². The molecule has 0 aromatic carbocycles. The summed E-state index contributed by atoms with van der Waals surface area (Å²) in [4.78, 5) is 14.0. The predicted molar refractivity (Wildman–Crippen MR) is 72.6 cm³/mol. The number of carbonyl (C=O) groups is 1. The topological polar surface area (TPSA) is 38.1 Å². The summed E-state index contributed by atoms with van der Waals surface area (Å²) < 4.78 is 1.78. The van der Waals surface area contributed by atoms with Gasteiger partial charge >= 0.3 is 0 Å². The first-order valence-electron chi connectivity index (χ1n) is 5.94. The minimum atomic E-state index is 0.0333. The zero-order valence-corrected chi connectivity index (χ0v) is 12.5. The average Bonchev–Trinajstić information content (AvgIpc) is 2.79. The van der Waals surface area contributed by atoms with Crippen LogP contribution in [0.1, 0.15) is 37.0 Å². The quantitative estimate of drug-likeness (QED) is 0.783. The maximum absolute atomic E-state index is 12.3. The van der Waals surface area contributed by atoms with Gasteiger partial charge in [0.2, 0.25) is 0 Å².